The first-order valence-corrected chi connectivity index (χ1v) is 6.73. The summed E-state index contributed by atoms with van der Waals surface area (Å²) in [7, 11) is 0. The molecular weight excluding hydrogens is 262 g/mol. The molecule has 1 atom stereocenters. The molecule has 98 valence electrons. The molecule has 0 bridgehead atoms. The number of hydrogen-bond acceptors (Lipinski definition) is 2. The van der Waals surface area contributed by atoms with Crippen molar-refractivity contribution < 1.29 is 9.21 Å². The second-order valence-corrected chi connectivity index (χ2v) is 5.13. The summed E-state index contributed by atoms with van der Waals surface area (Å²) in [5.41, 5.74) is 1.09. The fourth-order valence-electron chi connectivity index (χ4n) is 2.61. The van der Waals surface area contributed by atoms with Gasteiger partial charge in [-0.15, -0.1) is 0 Å². The van der Waals surface area contributed by atoms with E-state index in [4.69, 9.17) is 16.0 Å². The number of carbonyl (C=O) groups is 1. The lowest BCUT2D eigenvalue weighted by molar-refractivity contribution is 0.0703. The van der Waals surface area contributed by atoms with Gasteiger partial charge in [0.05, 0.1) is 12.3 Å². The summed E-state index contributed by atoms with van der Waals surface area (Å²) in [4.78, 5) is 14.2. The van der Waals surface area contributed by atoms with Crippen LogP contribution in [0.1, 0.15) is 35.0 Å². The highest BCUT2D eigenvalue weighted by Gasteiger charge is 2.31. The van der Waals surface area contributed by atoms with Crippen LogP contribution >= 0.6 is 11.6 Å². The van der Waals surface area contributed by atoms with Gasteiger partial charge in [-0.05, 0) is 42.7 Å². The average molecular weight is 276 g/mol. The molecule has 0 spiro atoms. The maximum absolute atomic E-state index is 12.4. The van der Waals surface area contributed by atoms with Gasteiger partial charge in [-0.2, -0.15) is 0 Å². The highest BCUT2D eigenvalue weighted by Crippen LogP contribution is 2.34. The first kappa shape index (κ1) is 12.3. The van der Waals surface area contributed by atoms with Crippen LogP contribution in [0.4, 0.5) is 0 Å². The lowest BCUT2D eigenvalue weighted by Crippen LogP contribution is -2.30. The molecule has 2 heterocycles. The van der Waals surface area contributed by atoms with Gasteiger partial charge in [0.2, 0.25) is 0 Å². The van der Waals surface area contributed by atoms with Crippen molar-refractivity contribution >= 4 is 17.5 Å². The third-order valence-electron chi connectivity index (χ3n) is 3.48. The molecule has 1 aliphatic rings. The van der Waals surface area contributed by atoms with E-state index in [1.165, 1.54) is 6.26 Å². The molecule has 0 aliphatic carbocycles. The van der Waals surface area contributed by atoms with Crippen LogP contribution in [0.5, 0.6) is 0 Å². The monoisotopic (exact) mass is 275 g/mol. The summed E-state index contributed by atoms with van der Waals surface area (Å²) in [6, 6.07) is 11.2. The predicted octanol–water partition coefficient (Wildman–Crippen LogP) is 3.91. The second kappa shape index (κ2) is 5.10. The Morgan fingerprint density at radius 3 is 2.95 bits per heavy atom. The standard InChI is InChI=1S/C15H14ClNO2/c16-12-5-1-4-11(10-12)13-6-2-8-17(13)15(18)14-7-3-9-19-14/h1,3-5,7,9-10,13H,2,6,8H2. The topological polar surface area (TPSA) is 33.5 Å². The number of rotatable bonds is 2. The second-order valence-electron chi connectivity index (χ2n) is 4.69. The van der Waals surface area contributed by atoms with E-state index in [2.05, 4.69) is 0 Å². The van der Waals surface area contributed by atoms with Gasteiger partial charge in [0.25, 0.3) is 5.91 Å². The van der Waals surface area contributed by atoms with E-state index in [0.717, 1.165) is 24.9 Å². The number of benzene rings is 1. The van der Waals surface area contributed by atoms with Crippen LogP contribution in [0.3, 0.4) is 0 Å². The lowest BCUT2D eigenvalue weighted by atomic mass is 10.0. The van der Waals surface area contributed by atoms with Crippen molar-refractivity contribution in [3.05, 3.63) is 59.0 Å². The molecule has 1 aromatic carbocycles. The molecule has 4 heteroatoms. The maximum Gasteiger partial charge on any atom is 0.290 e. The average Bonchev–Trinajstić information content (AvgIpc) is 3.09. The van der Waals surface area contributed by atoms with Crippen molar-refractivity contribution in [1.29, 1.82) is 0 Å². The number of amides is 1. The highest BCUT2D eigenvalue weighted by atomic mass is 35.5. The van der Waals surface area contributed by atoms with E-state index in [1.54, 1.807) is 12.1 Å². The minimum Gasteiger partial charge on any atom is -0.459 e. The Morgan fingerprint density at radius 1 is 1.32 bits per heavy atom. The maximum atomic E-state index is 12.4. The Balaban J connectivity index is 1.88. The zero-order valence-electron chi connectivity index (χ0n) is 10.4. The molecule has 3 rings (SSSR count). The van der Waals surface area contributed by atoms with E-state index in [1.807, 2.05) is 29.2 Å². The molecule has 3 nitrogen and oxygen atoms in total. The normalized spacial score (nSPS) is 18.8. The fraction of sp³-hybridized carbons (Fsp3) is 0.267. The number of hydrogen-bond donors (Lipinski definition) is 0. The first-order chi connectivity index (χ1) is 9.25. The van der Waals surface area contributed by atoms with Gasteiger partial charge in [0.15, 0.2) is 5.76 Å². The molecule has 0 radical (unpaired) electrons. The molecule has 1 aromatic heterocycles. The van der Waals surface area contributed by atoms with E-state index >= 15 is 0 Å². The quantitative estimate of drug-likeness (QED) is 0.832. The Bertz CT molecular complexity index is 580. The summed E-state index contributed by atoms with van der Waals surface area (Å²) in [5.74, 6) is 0.349. The zero-order valence-corrected chi connectivity index (χ0v) is 11.1. The van der Waals surface area contributed by atoms with E-state index in [9.17, 15) is 4.79 Å². The van der Waals surface area contributed by atoms with Gasteiger partial charge >= 0.3 is 0 Å². The Kier molecular flexibility index (Phi) is 3.30. The fourth-order valence-corrected chi connectivity index (χ4v) is 2.81. The van der Waals surface area contributed by atoms with Gasteiger partial charge in [0, 0.05) is 11.6 Å². The molecule has 1 fully saturated rings. The predicted molar refractivity (Wildman–Crippen MR) is 73.2 cm³/mol. The molecule has 1 saturated heterocycles. The number of nitrogens with zero attached hydrogens (tertiary/aromatic N) is 1. The van der Waals surface area contributed by atoms with Crippen LogP contribution < -0.4 is 0 Å². The van der Waals surface area contributed by atoms with Gasteiger partial charge in [-0.25, -0.2) is 0 Å². The number of halogens is 1. The summed E-state index contributed by atoms with van der Waals surface area (Å²) >= 11 is 6.03. The lowest BCUT2D eigenvalue weighted by Gasteiger charge is -2.24. The van der Waals surface area contributed by atoms with E-state index in [-0.39, 0.29) is 11.9 Å². The minimum absolute atomic E-state index is 0.0486. The Labute approximate surface area is 116 Å². The number of likely N-dealkylation sites (tertiary alicyclic amines) is 1. The van der Waals surface area contributed by atoms with Crippen molar-refractivity contribution in [2.24, 2.45) is 0 Å². The van der Waals surface area contributed by atoms with Gasteiger partial charge in [-0.1, -0.05) is 23.7 Å². The molecule has 2 aromatic rings. The number of furan rings is 1. The molecule has 0 N–H and O–H groups in total. The third kappa shape index (κ3) is 2.38. The third-order valence-corrected chi connectivity index (χ3v) is 3.71. The van der Waals surface area contributed by atoms with Crippen molar-refractivity contribution in [2.75, 3.05) is 6.54 Å². The van der Waals surface area contributed by atoms with Crippen LogP contribution in [0.15, 0.2) is 47.1 Å². The largest absolute Gasteiger partial charge is 0.459 e. The van der Waals surface area contributed by atoms with Crippen molar-refractivity contribution in [3.63, 3.8) is 0 Å². The summed E-state index contributed by atoms with van der Waals surface area (Å²) in [5, 5.41) is 0.704. The van der Waals surface area contributed by atoms with Crippen LogP contribution in [0, 0.1) is 0 Å². The van der Waals surface area contributed by atoms with Gasteiger partial charge in [-0.3, -0.25) is 4.79 Å². The first-order valence-electron chi connectivity index (χ1n) is 6.35. The Morgan fingerprint density at radius 2 is 2.21 bits per heavy atom. The highest BCUT2D eigenvalue weighted by molar-refractivity contribution is 6.30. The van der Waals surface area contributed by atoms with E-state index in [0.29, 0.717) is 10.8 Å². The van der Waals surface area contributed by atoms with Crippen LogP contribution in [-0.2, 0) is 0 Å². The summed E-state index contributed by atoms with van der Waals surface area (Å²) in [6.45, 7) is 0.761. The van der Waals surface area contributed by atoms with Gasteiger partial charge < -0.3 is 9.32 Å². The molecule has 1 amide bonds. The minimum atomic E-state index is -0.0486. The van der Waals surface area contributed by atoms with Crippen molar-refractivity contribution in [1.82, 2.24) is 4.90 Å². The van der Waals surface area contributed by atoms with Crippen molar-refractivity contribution in [3.8, 4) is 0 Å². The molecule has 1 unspecified atom stereocenters. The SMILES string of the molecule is O=C(c1ccco1)N1CCCC1c1cccc(Cl)c1. The van der Waals surface area contributed by atoms with Crippen molar-refractivity contribution in [2.45, 2.75) is 18.9 Å². The van der Waals surface area contributed by atoms with Crippen LogP contribution in [0.2, 0.25) is 5.02 Å². The van der Waals surface area contributed by atoms with Crippen LogP contribution in [0.25, 0.3) is 0 Å². The van der Waals surface area contributed by atoms with Gasteiger partial charge in [0.1, 0.15) is 0 Å². The number of carbonyl (C=O) groups excluding carboxylic acids is 1. The smallest absolute Gasteiger partial charge is 0.290 e. The molecule has 0 saturated carbocycles. The Hall–Kier alpha value is -1.74. The molecular formula is C15H14ClNO2. The van der Waals surface area contributed by atoms with E-state index < -0.39 is 0 Å². The van der Waals surface area contributed by atoms with Crippen LogP contribution in [-0.4, -0.2) is 17.4 Å². The zero-order chi connectivity index (χ0) is 13.2. The molecule has 1 aliphatic heterocycles. The molecule has 19 heavy (non-hydrogen) atoms. The summed E-state index contributed by atoms with van der Waals surface area (Å²) in [6.07, 6.45) is 3.49. The summed E-state index contributed by atoms with van der Waals surface area (Å²) < 4.78 is 5.20.